The van der Waals surface area contributed by atoms with Crippen LogP contribution in [-0.4, -0.2) is 33.4 Å². The molecule has 0 aromatic heterocycles. The van der Waals surface area contributed by atoms with E-state index in [-0.39, 0.29) is 135 Å². The van der Waals surface area contributed by atoms with Crippen molar-refractivity contribution in [1.29, 1.82) is 0 Å². The van der Waals surface area contributed by atoms with Gasteiger partial charge < -0.3 is 34.1 Å². The Labute approximate surface area is 467 Å². The summed E-state index contributed by atoms with van der Waals surface area (Å²) in [6, 6.07) is 0. The summed E-state index contributed by atoms with van der Waals surface area (Å²) in [6.45, 7) is 31.7. The minimum Gasteiger partial charge on any atom is -0.483 e. The van der Waals surface area contributed by atoms with Crippen LogP contribution in [0.4, 0.5) is 0 Å². The van der Waals surface area contributed by atoms with Crippen LogP contribution in [0.15, 0.2) is 23.3 Å². The smallest absolute Gasteiger partial charge is 0.279 e. The van der Waals surface area contributed by atoms with Crippen LogP contribution >= 0.6 is 0 Å². The van der Waals surface area contributed by atoms with E-state index in [0.29, 0.717) is 23.2 Å². The number of aliphatic carboxylic acids is 2. The third-order valence-corrected chi connectivity index (χ3v) is 24.5. The van der Waals surface area contributed by atoms with Gasteiger partial charge in [-0.3, -0.25) is 15.5 Å². The zero-order valence-electron chi connectivity index (χ0n) is 44.5. The van der Waals surface area contributed by atoms with Crippen molar-refractivity contribution in [3.8, 4) is 0 Å². The molecule has 10 aliphatic carbocycles. The number of allylic oxidation sites excluding steroid dienone is 4. The van der Waals surface area contributed by atoms with E-state index in [1.54, 1.807) is 5.92 Å². The third-order valence-electron chi connectivity index (χ3n) is 24.5. The Bertz CT molecular complexity index is 1850. The predicted molar refractivity (Wildman–Crippen MR) is 258 cm³/mol. The second kappa shape index (κ2) is 19.5. The van der Waals surface area contributed by atoms with Crippen LogP contribution in [0.3, 0.4) is 0 Å². The summed E-state index contributed by atoms with van der Waals surface area (Å²) in [6.07, 6.45) is 28.7. The van der Waals surface area contributed by atoms with Crippen molar-refractivity contribution in [3.63, 3.8) is 0 Å². The first-order valence-electron chi connectivity index (χ1n) is 26.5. The zero-order chi connectivity index (χ0) is 46.6. The fourth-order valence-corrected chi connectivity index (χ4v) is 19.6. The SMILES string of the molecule is C[C-]1[C@@H](C)CCC2(C)C3CC=C4C5CC(C)(C)CCC5(C(=O)O)[CH-]C[C@@]4(C)[C@@]3(C)CC[C@@H]12.C[C-]1[C@@H](O)CCC2(C)C3CC=C4C5CC(C)(C)CCC5(C(=O)O)[CH-]C[C@@]4(C)[C@@]3(C)CC[C@@H]12.[V].[V].[W].[W]. The van der Waals surface area contributed by atoms with E-state index in [2.05, 4.69) is 115 Å². The average molecular weight is 1350 g/mol. The number of hydrogen-bond acceptors (Lipinski definition) is 3. The Balaban J connectivity index is 0.000000240. The van der Waals surface area contributed by atoms with Gasteiger partial charge in [0.05, 0.1) is 0 Å². The topological polar surface area (TPSA) is 94.8 Å². The molecule has 16 atom stereocenters. The van der Waals surface area contributed by atoms with Crippen LogP contribution in [0.1, 0.15) is 206 Å². The van der Waals surface area contributed by atoms with Crippen molar-refractivity contribution in [3.05, 3.63) is 48.0 Å². The van der Waals surface area contributed by atoms with Crippen molar-refractivity contribution in [1.82, 2.24) is 0 Å². The number of hydrogen-bond donors (Lipinski definition) is 3. The minimum atomic E-state index is -0.676. The van der Waals surface area contributed by atoms with E-state index in [1.165, 1.54) is 49.2 Å². The molecule has 10 rings (SSSR count). The zero-order valence-corrected chi connectivity index (χ0v) is 53.2. The van der Waals surface area contributed by atoms with Gasteiger partial charge in [0.15, 0.2) is 0 Å². The maximum absolute atomic E-state index is 12.7. The minimum absolute atomic E-state index is 0. The summed E-state index contributed by atoms with van der Waals surface area (Å²) < 4.78 is 0. The van der Waals surface area contributed by atoms with Gasteiger partial charge in [0.25, 0.3) is 11.9 Å². The number of carbonyl (C=O) groups is 2. The van der Waals surface area contributed by atoms with Crippen LogP contribution in [0.25, 0.3) is 0 Å². The molecule has 8 unspecified atom stereocenters. The van der Waals surface area contributed by atoms with Crippen LogP contribution < -0.4 is 0 Å². The maximum Gasteiger partial charge on any atom is 0.279 e. The van der Waals surface area contributed by atoms with Gasteiger partial charge in [0.2, 0.25) is 0 Å². The number of aliphatic hydroxyl groups is 1. The first kappa shape index (κ1) is 59.8. The molecular weight excluding hydrogens is 1260 g/mol. The van der Waals surface area contributed by atoms with Crippen LogP contribution in [-0.2, 0) is 88.8 Å². The standard InChI is InChI=1S/C30H46O2.C29H44O3.2V.2W/c1-19-10-12-27(5)21(20(19)2)11-13-29(7)24(27)9-8-22-23-18-26(3,4)14-16-30(23,25(31)32)17-15-28(22,29)6;1-18-19-9-12-28(6)23(26(19,4)11-10-22(18)30)8-7-20-21-17-25(2,3)13-15-29(21,24(31)32)16-14-27(20,28)5;;;;/h8,17,19,21,23-24H,9-16,18H2,1-7H3,(H,31,32);7,16,19,21-23,30H,8-15,17H2,1-6H3,(H,31,32);;;;/q2*-2;;;;/t19-,21-,23?,24?,27?,28+,29-,30?;19-,21?,22-,23?,26?,27+,28-,29?;;;;/m00..../s1. The number of carboxylic acid groups (broad SMARTS) is 2. The van der Waals surface area contributed by atoms with Crippen LogP contribution in [0, 0.1) is 120 Å². The van der Waals surface area contributed by atoms with Crippen molar-refractivity contribution >= 4 is 11.9 Å². The number of rotatable bonds is 2. The Kier molecular flexibility index (Phi) is 17.1. The molecule has 8 fully saturated rings. The molecular formula is C59H90O5V2W2-4. The van der Waals surface area contributed by atoms with E-state index in [0.717, 1.165) is 95.3 Å². The van der Waals surface area contributed by atoms with Gasteiger partial charge in [-0.05, 0) is 125 Å². The molecule has 8 saturated carbocycles. The largest absolute Gasteiger partial charge is 0.483 e. The molecule has 0 aromatic carbocycles. The molecule has 0 heterocycles. The van der Waals surface area contributed by atoms with E-state index >= 15 is 0 Å². The second-order valence-electron chi connectivity index (χ2n) is 27.9. The second-order valence-corrected chi connectivity index (χ2v) is 27.9. The number of carboxylic acids is 2. The van der Waals surface area contributed by atoms with Crippen molar-refractivity contribution in [2.75, 3.05) is 0 Å². The third kappa shape index (κ3) is 8.32. The number of aliphatic hydroxyl groups excluding tert-OH is 1. The molecule has 5 nitrogen and oxygen atoms in total. The first-order valence-corrected chi connectivity index (χ1v) is 26.5. The quantitative estimate of drug-likeness (QED) is 0.189. The summed E-state index contributed by atoms with van der Waals surface area (Å²) >= 11 is 0. The number of fused-ring (bicyclic) bond motifs is 14. The van der Waals surface area contributed by atoms with Gasteiger partial charge in [-0.25, -0.2) is 0 Å². The van der Waals surface area contributed by atoms with E-state index in [9.17, 15) is 24.9 Å². The van der Waals surface area contributed by atoms with Crippen LogP contribution in [0.5, 0.6) is 0 Å². The monoisotopic (exact) mass is 1350 g/mol. The van der Waals surface area contributed by atoms with Crippen molar-refractivity contribution in [2.24, 2.45) is 95.6 Å². The molecule has 2 radical (unpaired) electrons. The van der Waals surface area contributed by atoms with Crippen molar-refractivity contribution in [2.45, 2.75) is 212 Å². The van der Waals surface area contributed by atoms with E-state index in [4.69, 9.17) is 0 Å². The van der Waals surface area contributed by atoms with E-state index in [1.807, 2.05) is 0 Å². The summed E-state index contributed by atoms with van der Waals surface area (Å²) in [7, 11) is 0. The van der Waals surface area contributed by atoms with Crippen molar-refractivity contribution < 1.29 is 104 Å². The van der Waals surface area contributed by atoms with Gasteiger partial charge in [0, 0.05) is 79.2 Å². The fraction of sp³-hybridized carbons (Fsp3) is 0.831. The molecule has 0 aliphatic heterocycles. The Morgan fingerprint density at radius 2 is 0.956 bits per heavy atom. The predicted octanol–water partition coefficient (Wildman–Crippen LogP) is 14.5. The van der Waals surface area contributed by atoms with Gasteiger partial charge in [0.1, 0.15) is 0 Å². The molecule has 68 heavy (non-hydrogen) atoms. The molecule has 3 N–H and O–H groups in total. The normalized spacial score (nSPS) is 49.6. The first-order chi connectivity index (χ1) is 29.6. The molecule has 0 aromatic rings. The summed E-state index contributed by atoms with van der Waals surface area (Å²) in [5.74, 6) is 5.54. The summed E-state index contributed by atoms with van der Waals surface area (Å²) in [4.78, 5) is 25.4. The summed E-state index contributed by atoms with van der Waals surface area (Å²) in [5, 5.41) is 31.5. The molecule has 0 bridgehead atoms. The summed E-state index contributed by atoms with van der Waals surface area (Å²) in [5.41, 5.74) is 3.29. The molecule has 0 spiro atoms. The average Bonchev–Trinajstić information content (AvgIpc) is 3.21. The molecule has 10 aliphatic rings. The Morgan fingerprint density at radius 3 is 1.35 bits per heavy atom. The van der Waals surface area contributed by atoms with E-state index < -0.39 is 22.8 Å². The Hall–Kier alpha value is 0.925. The van der Waals surface area contributed by atoms with Gasteiger partial charge >= 0.3 is 0 Å². The van der Waals surface area contributed by atoms with Gasteiger partial charge in [-0.2, -0.15) is 44.4 Å². The van der Waals surface area contributed by atoms with Gasteiger partial charge in [-0.15, -0.1) is 0 Å². The molecule has 9 heteroatoms. The fourth-order valence-electron chi connectivity index (χ4n) is 19.6. The molecule has 382 valence electrons. The maximum atomic E-state index is 12.7. The van der Waals surface area contributed by atoms with Gasteiger partial charge in [-0.1, -0.05) is 161 Å². The molecule has 0 amide bonds. The molecule has 0 saturated heterocycles. The van der Waals surface area contributed by atoms with Crippen LogP contribution in [0.2, 0.25) is 0 Å². The Morgan fingerprint density at radius 1 is 0.574 bits per heavy atom.